The Morgan fingerprint density at radius 2 is 1.67 bits per heavy atom. The summed E-state index contributed by atoms with van der Waals surface area (Å²) in [4.78, 5) is 9.00. The first kappa shape index (κ1) is 11.4. The van der Waals surface area contributed by atoms with E-state index in [4.69, 9.17) is 18.3 Å². The second-order valence-corrected chi connectivity index (χ2v) is 5.49. The average molecular weight is 174 g/mol. The van der Waals surface area contributed by atoms with Gasteiger partial charge in [-0.3, -0.25) is 4.79 Å². The van der Waals surface area contributed by atoms with Crippen LogP contribution in [-0.2, 0) is 14.5 Å². The minimum atomic E-state index is -4.03. The standard InChI is InChI=1S/C2H4O2.FH3O2SSi/c1-2(3)4;1-4(2,3)5/h1H3,(H,3,4);5H3. The van der Waals surface area contributed by atoms with E-state index in [-0.39, 0.29) is 9.39 Å². The van der Waals surface area contributed by atoms with Crippen LogP contribution in [0.2, 0.25) is 0 Å². The van der Waals surface area contributed by atoms with E-state index in [1.54, 1.807) is 0 Å². The number of rotatable bonds is 0. The molecule has 0 atom stereocenters. The molecule has 0 aromatic rings. The fourth-order valence-electron chi connectivity index (χ4n) is 0. The van der Waals surface area contributed by atoms with Crippen LogP contribution in [0.5, 0.6) is 0 Å². The normalized spacial score (nSPS) is 9.56. The molecule has 56 valence electrons. The molecular weight excluding hydrogens is 167 g/mol. The number of hydrogen-bond acceptors (Lipinski definition) is 3. The van der Waals surface area contributed by atoms with Crippen molar-refractivity contribution >= 4 is 25.0 Å². The number of halogens is 1. The van der Waals surface area contributed by atoms with Crippen LogP contribution in [0.4, 0.5) is 3.89 Å². The Morgan fingerprint density at radius 3 is 1.67 bits per heavy atom. The summed E-state index contributed by atoms with van der Waals surface area (Å²) in [6.07, 6.45) is 0. The Balaban J connectivity index is 0. The fraction of sp³-hybridized carbons (Fsp3) is 0.500. The van der Waals surface area contributed by atoms with Crippen LogP contribution in [0.1, 0.15) is 6.92 Å². The summed E-state index contributed by atoms with van der Waals surface area (Å²) in [5.41, 5.74) is 0. The zero-order valence-electron chi connectivity index (χ0n) is 4.96. The van der Waals surface area contributed by atoms with Gasteiger partial charge in [-0.25, -0.2) is 8.42 Å². The van der Waals surface area contributed by atoms with E-state index in [9.17, 15) is 3.89 Å². The minimum absolute atomic E-state index is 0.387. The molecule has 0 aliphatic heterocycles. The molecule has 0 fully saturated rings. The quantitative estimate of drug-likeness (QED) is 0.364. The highest BCUT2D eigenvalue weighted by Crippen LogP contribution is 1.73. The van der Waals surface area contributed by atoms with Crippen LogP contribution in [0.3, 0.4) is 0 Å². The lowest BCUT2D eigenvalue weighted by molar-refractivity contribution is -0.134. The summed E-state index contributed by atoms with van der Waals surface area (Å²) >= 11 is 0. The van der Waals surface area contributed by atoms with Gasteiger partial charge in [-0.05, 0) is 0 Å². The van der Waals surface area contributed by atoms with E-state index < -0.39 is 15.6 Å². The Hall–Kier alpha value is -0.433. The van der Waals surface area contributed by atoms with Gasteiger partial charge in [0.1, 0.15) is 0 Å². The highest BCUT2D eigenvalue weighted by Gasteiger charge is 1.85. The van der Waals surface area contributed by atoms with E-state index in [1.165, 1.54) is 0 Å². The second kappa shape index (κ2) is 4.45. The number of carboxylic acids is 1. The monoisotopic (exact) mass is 174 g/mol. The molecule has 9 heavy (non-hydrogen) atoms. The summed E-state index contributed by atoms with van der Waals surface area (Å²) in [5, 5.41) is 7.42. The van der Waals surface area contributed by atoms with Gasteiger partial charge in [0.15, 0.2) is 9.39 Å². The summed E-state index contributed by atoms with van der Waals surface area (Å²) in [6, 6.07) is 0. The van der Waals surface area contributed by atoms with Gasteiger partial charge in [0, 0.05) is 6.92 Å². The van der Waals surface area contributed by atoms with Crippen molar-refractivity contribution in [2.45, 2.75) is 6.92 Å². The molecule has 0 rings (SSSR count). The minimum Gasteiger partial charge on any atom is -0.481 e. The lowest BCUT2D eigenvalue weighted by Crippen LogP contribution is -1.82. The molecule has 1 N–H and O–H groups in total. The lowest BCUT2D eigenvalue weighted by Gasteiger charge is -1.64. The molecule has 0 aromatic carbocycles. The van der Waals surface area contributed by atoms with Crippen LogP contribution in [0, 0.1) is 0 Å². The molecule has 0 bridgehead atoms. The highest BCUT2D eigenvalue weighted by molar-refractivity contribution is 8.08. The summed E-state index contributed by atoms with van der Waals surface area (Å²) in [6.45, 7) is 1.08. The van der Waals surface area contributed by atoms with Crippen LogP contribution < -0.4 is 0 Å². The largest absolute Gasteiger partial charge is 0.481 e. The molecular formula is C2H7FO4SSi. The van der Waals surface area contributed by atoms with Gasteiger partial charge in [-0.2, -0.15) is 0 Å². The zero-order chi connectivity index (χ0) is 8.08. The number of carboxylic acid groups (broad SMARTS) is 1. The molecule has 0 saturated carbocycles. The first-order chi connectivity index (χ1) is 3.73. The molecule has 0 unspecified atom stereocenters. The third-order valence-corrected chi connectivity index (χ3v) is 0. The Labute approximate surface area is 55.0 Å². The molecule has 7 heteroatoms. The average Bonchev–Trinajstić information content (AvgIpc) is 1.19. The van der Waals surface area contributed by atoms with Crippen molar-refractivity contribution in [1.29, 1.82) is 0 Å². The van der Waals surface area contributed by atoms with E-state index in [1.807, 2.05) is 0 Å². The predicted molar refractivity (Wildman–Crippen MR) is 33.3 cm³/mol. The second-order valence-electron chi connectivity index (χ2n) is 1.20. The molecule has 0 aliphatic carbocycles. The molecule has 4 nitrogen and oxygen atoms in total. The highest BCUT2D eigenvalue weighted by atomic mass is 32.4. The molecule has 0 heterocycles. The van der Waals surface area contributed by atoms with Crippen LogP contribution in [0.15, 0.2) is 0 Å². The SMILES string of the molecule is CC(=O)O.O=S(=O)(F)[SiH3]. The molecule has 0 aliphatic rings. The summed E-state index contributed by atoms with van der Waals surface area (Å²) < 4.78 is 28.8. The molecule has 0 spiro atoms. The van der Waals surface area contributed by atoms with Crippen molar-refractivity contribution in [3.63, 3.8) is 0 Å². The van der Waals surface area contributed by atoms with Crippen molar-refractivity contribution in [2.75, 3.05) is 0 Å². The van der Waals surface area contributed by atoms with Crippen molar-refractivity contribution in [2.24, 2.45) is 0 Å². The third-order valence-electron chi connectivity index (χ3n) is 0. The molecule has 0 radical (unpaired) electrons. The van der Waals surface area contributed by atoms with Crippen LogP contribution in [0.25, 0.3) is 0 Å². The maximum Gasteiger partial charge on any atom is 0.300 e. The van der Waals surface area contributed by atoms with Gasteiger partial charge in [0.05, 0.1) is 0 Å². The summed E-state index contributed by atoms with van der Waals surface area (Å²) in [5.74, 6) is -0.833. The number of carbonyl (C=O) groups is 1. The third kappa shape index (κ3) is 1250. The maximum atomic E-state index is 10.7. The smallest absolute Gasteiger partial charge is 0.300 e. The Morgan fingerprint density at radius 1 is 1.67 bits per heavy atom. The van der Waals surface area contributed by atoms with Crippen molar-refractivity contribution in [1.82, 2.24) is 0 Å². The first-order valence-electron chi connectivity index (χ1n) is 1.82. The topological polar surface area (TPSA) is 71.4 Å². The van der Waals surface area contributed by atoms with Gasteiger partial charge in [-0.1, -0.05) is 0 Å². The van der Waals surface area contributed by atoms with Crippen molar-refractivity contribution in [3.05, 3.63) is 0 Å². The van der Waals surface area contributed by atoms with Gasteiger partial charge in [0.25, 0.3) is 15.6 Å². The number of hydrogen-bond donors (Lipinski definition) is 1. The van der Waals surface area contributed by atoms with E-state index >= 15 is 0 Å². The number of aliphatic carboxylic acids is 1. The summed E-state index contributed by atoms with van der Waals surface area (Å²) in [7, 11) is -4.41. The van der Waals surface area contributed by atoms with E-state index in [2.05, 4.69) is 0 Å². The van der Waals surface area contributed by atoms with Crippen LogP contribution in [-0.4, -0.2) is 28.9 Å². The van der Waals surface area contributed by atoms with E-state index in [0.29, 0.717) is 0 Å². The van der Waals surface area contributed by atoms with Crippen molar-refractivity contribution < 1.29 is 22.2 Å². The predicted octanol–water partition coefficient (Wildman–Crippen LogP) is -1.34. The molecule has 0 saturated heterocycles. The Bertz CT molecular complexity index is 161. The molecule has 0 aromatic heterocycles. The van der Waals surface area contributed by atoms with E-state index in [0.717, 1.165) is 6.92 Å². The van der Waals surface area contributed by atoms with Crippen LogP contribution >= 0.6 is 0 Å². The van der Waals surface area contributed by atoms with Gasteiger partial charge in [0.2, 0.25) is 0 Å². The zero-order valence-corrected chi connectivity index (χ0v) is 7.77. The van der Waals surface area contributed by atoms with Crippen molar-refractivity contribution in [3.8, 4) is 0 Å². The first-order valence-corrected chi connectivity index (χ1v) is 6.06. The maximum absolute atomic E-state index is 10.7. The van der Waals surface area contributed by atoms with Gasteiger partial charge < -0.3 is 5.11 Å². The van der Waals surface area contributed by atoms with Gasteiger partial charge >= 0.3 is 0 Å². The van der Waals surface area contributed by atoms with Gasteiger partial charge in [-0.15, -0.1) is 3.89 Å². The molecule has 0 amide bonds. The lowest BCUT2D eigenvalue weighted by atomic mass is 10.9. The Kier molecular flexibility index (Phi) is 5.62. The fourth-order valence-corrected chi connectivity index (χ4v) is 0.